The minimum Gasteiger partial charge on any atom is -0.480 e. The molecule has 5 rings (SSSR count). The Labute approximate surface area is 208 Å². The number of carboxylic acid groups (broad SMARTS) is 1. The zero-order valence-corrected chi connectivity index (χ0v) is 19.3. The molecule has 0 bridgehead atoms. The summed E-state index contributed by atoms with van der Waals surface area (Å²) in [5.74, 6) is -0.957. The first-order valence-corrected chi connectivity index (χ1v) is 11.4. The molecule has 0 spiro atoms. The van der Waals surface area contributed by atoms with E-state index < -0.39 is 23.5 Å². The van der Waals surface area contributed by atoms with Crippen LogP contribution in [0.1, 0.15) is 18.4 Å². The zero-order valence-electron chi connectivity index (χ0n) is 19.3. The molecule has 1 fully saturated rings. The number of hydrogen-bond donors (Lipinski definition) is 2. The van der Waals surface area contributed by atoms with Gasteiger partial charge in [-0.3, -0.25) is 0 Å². The molecule has 2 N–H and O–H groups in total. The molecular weight excluding hydrogens is 494 g/mol. The van der Waals surface area contributed by atoms with E-state index in [9.17, 15) is 18.0 Å². The lowest BCUT2D eigenvalue weighted by atomic mass is 10.1. The van der Waals surface area contributed by atoms with Crippen molar-refractivity contribution in [3.05, 3.63) is 60.2 Å². The van der Waals surface area contributed by atoms with Gasteiger partial charge in [-0.1, -0.05) is 6.07 Å². The molecule has 0 amide bonds. The van der Waals surface area contributed by atoms with Gasteiger partial charge in [0.15, 0.2) is 0 Å². The lowest BCUT2D eigenvalue weighted by Gasteiger charge is -2.31. The topological polar surface area (TPSA) is 104 Å². The van der Waals surface area contributed by atoms with E-state index in [1.807, 2.05) is 4.90 Å². The van der Waals surface area contributed by atoms with Gasteiger partial charge < -0.3 is 19.7 Å². The first-order valence-electron chi connectivity index (χ1n) is 11.4. The third kappa shape index (κ3) is 5.38. The predicted octanol–water partition coefficient (Wildman–Crippen LogP) is 4.91. The lowest BCUT2D eigenvalue weighted by Crippen LogP contribution is -2.38. The fraction of sp³-hybridized carbons (Fsp3) is 0.280. The maximum Gasteiger partial charge on any atom is 0.416 e. The van der Waals surface area contributed by atoms with E-state index in [1.165, 1.54) is 18.2 Å². The molecule has 0 aliphatic carbocycles. The monoisotopic (exact) mass is 515 g/mol. The summed E-state index contributed by atoms with van der Waals surface area (Å²) in [4.78, 5) is 28.4. The molecule has 2 aromatic heterocycles. The number of aromatic amines is 1. The number of imidazole rings is 1. The number of carboxylic acids is 1. The first-order chi connectivity index (χ1) is 17.7. The second-order valence-electron chi connectivity index (χ2n) is 8.67. The maximum absolute atomic E-state index is 15.0. The van der Waals surface area contributed by atoms with Crippen LogP contribution in [0.3, 0.4) is 0 Å². The predicted molar refractivity (Wildman–Crippen MR) is 126 cm³/mol. The highest BCUT2D eigenvalue weighted by Crippen LogP contribution is 2.33. The maximum atomic E-state index is 15.0. The van der Waals surface area contributed by atoms with Crippen LogP contribution in [0.25, 0.3) is 33.5 Å². The number of aliphatic carboxylic acids is 1. The fourth-order valence-electron chi connectivity index (χ4n) is 4.25. The Morgan fingerprint density at radius 1 is 1.08 bits per heavy atom. The van der Waals surface area contributed by atoms with Crippen LogP contribution in [0.4, 0.5) is 23.5 Å². The minimum absolute atomic E-state index is 0.119. The van der Waals surface area contributed by atoms with Gasteiger partial charge in [-0.25, -0.2) is 24.1 Å². The Morgan fingerprint density at radius 2 is 1.81 bits per heavy atom. The minimum atomic E-state index is -4.49. The van der Waals surface area contributed by atoms with Gasteiger partial charge in [0.25, 0.3) is 0 Å². The molecule has 1 aliphatic heterocycles. The SMILES string of the molecule is O=C(O)COC1CCN(c2ncc(-c3ccc(-c4nc5ccc(C(F)(F)F)cc5[nH]4)c(F)c3)cn2)CC1. The number of alkyl halides is 3. The van der Waals surface area contributed by atoms with Crippen molar-refractivity contribution in [2.45, 2.75) is 25.1 Å². The molecule has 0 unspecified atom stereocenters. The van der Waals surface area contributed by atoms with Crippen molar-refractivity contribution in [2.75, 3.05) is 24.6 Å². The van der Waals surface area contributed by atoms with Crippen molar-refractivity contribution < 1.29 is 32.2 Å². The number of aromatic nitrogens is 4. The van der Waals surface area contributed by atoms with Crippen LogP contribution in [0.15, 0.2) is 48.8 Å². The van der Waals surface area contributed by atoms with Crippen LogP contribution in [0, 0.1) is 5.82 Å². The van der Waals surface area contributed by atoms with Gasteiger partial charge in [0, 0.05) is 31.0 Å². The van der Waals surface area contributed by atoms with E-state index in [4.69, 9.17) is 9.84 Å². The van der Waals surface area contributed by atoms with Gasteiger partial charge in [-0.05, 0) is 48.7 Å². The number of anilines is 1. The molecule has 0 atom stereocenters. The summed E-state index contributed by atoms with van der Waals surface area (Å²) in [6, 6.07) is 7.59. The molecule has 192 valence electrons. The average molecular weight is 515 g/mol. The zero-order chi connectivity index (χ0) is 26.2. The Balaban J connectivity index is 1.29. The average Bonchev–Trinajstić information content (AvgIpc) is 3.30. The molecule has 8 nitrogen and oxygen atoms in total. The van der Waals surface area contributed by atoms with Crippen LogP contribution in [0.5, 0.6) is 0 Å². The summed E-state index contributed by atoms with van der Waals surface area (Å²) in [5.41, 5.74) is 0.893. The van der Waals surface area contributed by atoms with Gasteiger partial charge >= 0.3 is 12.1 Å². The van der Waals surface area contributed by atoms with Crippen LogP contribution >= 0.6 is 0 Å². The second-order valence-corrected chi connectivity index (χ2v) is 8.67. The summed E-state index contributed by atoms with van der Waals surface area (Å²) in [6.07, 6.45) is -0.120. The Bertz CT molecular complexity index is 1430. The molecular formula is C25H21F4N5O3. The summed E-state index contributed by atoms with van der Waals surface area (Å²) >= 11 is 0. The third-order valence-electron chi connectivity index (χ3n) is 6.17. The highest BCUT2D eigenvalue weighted by molar-refractivity contribution is 5.80. The molecule has 2 aromatic carbocycles. The van der Waals surface area contributed by atoms with Gasteiger partial charge in [-0.15, -0.1) is 0 Å². The van der Waals surface area contributed by atoms with Crippen molar-refractivity contribution in [1.82, 2.24) is 19.9 Å². The van der Waals surface area contributed by atoms with Crippen molar-refractivity contribution in [2.24, 2.45) is 0 Å². The van der Waals surface area contributed by atoms with Crippen LogP contribution < -0.4 is 4.90 Å². The smallest absolute Gasteiger partial charge is 0.416 e. The van der Waals surface area contributed by atoms with E-state index in [-0.39, 0.29) is 29.6 Å². The highest BCUT2D eigenvalue weighted by Gasteiger charge is 2.31. The molecule has 1 aliphatic rings. The summed E-state index contributed by atoms with van der Waals surface area (Å²) in [7, 11) is 0. The number of hydrogen-bond acceptors (Lipinski definition) is 6. The molecule has 1 saturated heterocycles. The molecule has 3 heterocycles. The Hall–Kier alpha value is -4.06. The largest absolute Gasteiger partial charge is 0.480 e. The number of piperidine rings is 1. The lowest BCUT2D eigenvalue weighted by molar-refractivity contribution is -0.144. The molecule has 12 heteroatoms. The number of H-pyrrole nitrogens is 1. The Kier molecular flexibility index (Phi) is 6.50. The van der Waals surface area contributed by atoms with Gasteiger partial charge in [0.1, 0.15) is 18.2 Å². The quantitative estimate of drug-likeness (QED) is 0.352. The number of nitrogens with one attached hydrogen (secondary N) is 1. The number of benzene rings is 2. The van der Waals surface area contributed by atoms with Gasteiger partial charge in [0.2, 0.25) is 5.95 Å². The van der Waals surface area contributed by atoms with Gasteiger partial charge in [0.05, 0.1) is 28.3 Å². The van der Waals surface area contributed by atoms with Crippen molar-refractivity contribution in [3.8, 4) is 22.5 Å². The fourth-order valence-corrected chi connectivity index (χ4v) is 4.25. The van der Waals surface area contributed by atoms with Crippen molar-refractivity contribution in [1.29, 1.82) is 0 Å². The number of fused-ring (bicyclic) bond motifs is 1. The van der Waals surface area contributed by atoms with Crippen LogP contribution in [0.2, 0.25) is 0 Å². The normalized spacial score (nSPS) is 14.9. The van der Waals surface area contributed by atoms with Crippen molar-refractivity contribution >= 4 is 23.0 Å². The number of ether oxygens (including phenoxy) is 1. The van der Waals surface area contributed by atoms with E-state index in [1.54, 1.807) is 18.5 Å². The second kappa shape index (κ2) is 9.77. The van der Waals surface area contributed by atoms with Crippen LogP contribution in [-0.4, -0.2) is 56.8 Å². The standard InChI is InChI=1S/C25H21F4N5O3/c26-19-9-14(1-3-18(19)23-32-20-4-2-16(25(27,28)29)10-21(20)33-23)15-11-30-24(31-12-15)34-7-5-17(6-8-34)37-13-22(35)36/h1-4,9-12,17H,5-8,13H2,(H,32,33)(H,35,36). The highest BCUT2D eigenvalue weighted by atomic mass is 19.4. The van der Waals surface area contributed by atoms with E-state index >= 15 is 4.39 Å². The molecule has 37 heavy (non-hydrogen) atoms. The molecule has 0 radical (unpaired) electrons. The van der Waals surface area contributed by atoms with Crippen LogP contribution in [-0.2, 0) is 15.7 Å². The number of nitrogens with zero attached hydrogens (tertiary/aromatic N) is 4. The molecule has 0 saturated carbocycles. The first kappa shape index (κ1) is 24.6. The number of rotatable bonds is 6. The van der Waals surface area contributed by atoms with E-state index in [0.717, 1.165) is 12.1 Å². The van der Waals surface area contributed by atoms with Gasteiger partial charge in [-0.2, -0.15) is 13.2 Å². The summed E-state index contributed by atoms with van der Waals surface area (Å²) in [6.45, 7) is 0.921. The number of carbonyl (C=O) groups is 1. The summed E-state index contributed by atoms with van der Waals surface area (Å²) in [5, 5.41) is 8.73. The Morgan fingerprint density at radius 3 is 2.46 bits per heavy atom. The van der Waals surface area contributed by atoms with E-state index in [0.29, 0.717) is 48.5 Å². The number of halogens is 4. The molecule has 4 aromatic rings. The van der Waals surface area contributed by atoms with Crippen molar-refractivity contribution in [3.63, 3.8) is 0 Å². The third-order valence-corrected chi connectivity index (χ3v) is 6.17. The van der Waals surface area contributed by atoms with E-state index in [2.05, 4.69) is 19.9 Å². The summed E-state index contributed by atoms with van der Waals surface area (Å²) < 4.78 is 59.3.